The SMILES string of the molecule is Cc1ccc(OCCNC(=O)c2ccc(N(C)S(C)(=O)=O)cc2)cc1Cl. The number of nitrogens with zero attached hydrogens (tertiary/aromatic N) is 1. The van der Waals surface area contributed by atoms with Crippen LogP contribution in [0.3, 0.4) is 0 Å². The number of amides is 1. The van der Waals surface area contributed by atoms with Gasteiger partial charge >= 0.3 is 0 Å². The molecule has 0 aliphatic rings. The maximum absolute atomic E-state index is 12.1. The summed E-state index contributed by atoms with van der Waals surface area (Å²) < 4.78 is 29.7. The molecule has 0 aromatic heterocycles. The molecule has 0 spiro atoms. The molecule has 0 aliphatic carbocycles. The Kier molecular flexibility index (Phi) is 6.50. The third kappa shape index (κ3) is 5.37. The highest BCUT2D eigenvalue weighted by Crippen LogP contribution is 2.21. The van der Waals surface area contributed by atoms with Gasteiger partial charge in [0.25, 0.3) is 5.91 Å². The van der Waals surface area contributed by atoms with E-state index in [-0.39, 0.29) is 5.91 Å². The van der Waals surface area contributed by atoms with Crippen LogP contribution in [-0.2, 0) is 10.0 Å². The van der Waals surface area contributed by atoms with E-state index in [1.807, 2.05) is 19.1 Å². The van der Waals surface area contributed by atoms with E-state index in [0.717, 1.165) is 16.1 Å². The van der Waals surface area contributed by atoms with Crippen LogP contribution in [0, 0.1) is 6.92 Å². The first-order valence-electron chi connectivity index (χ1n) is 7.89. The zero-order valence-corrected chi connectivity index (χ0v) is 16.4. The van der Waals surface area contributed by atoms with Crippen molar-refractivity contribution in [2.45, 2.75) is 6.92 Å². The number of hydrogen-bond acceptors (Lipinski definition) is 4. The summed E-state index contributed by atoms with van der Waals surface area (Å²) in [6.07, 6.45) is 1.12. The van der Waals surface area contributed by atoms with Gasteiger partial charge in [-0.3, -0.25) is 9.10 Å². The number of carbonyl (C=O) groups excluding carboxylic acids is 1. The lowest BCUT2D eigenvalue weighted by molar-refractivity contribution is 0.0947. The summed E-state index contributed by atoms with van der Waals surface area (Å²) in [6, 6.07) is 11.7. The van der Waals surface area contributed by atoms with Crippen molar-refractivity contribution in [2.24, 2.45) is 0 Å². The van der Waals surface area contributed by atoms with Gasteiger partial charge in [-0.1, -0.05) is 17.7 Å². The summed E-state index contributed by atoms with van der Waals surface area (Å²) in [6.45, 7) is 2.54. The Hall–Kier alpha value is -2.25. The second-order valence-electron chi connectivity index (χ2n) is 5.79. The molecule has 1 amide bonds. The Balaban J connectivity index is 1.85. The molecule has 6 nitrogen and oxygen atoms in total. The average Bonchev–Trinajstić information content (AvgIpc) is 2.60. The molecule has 1 N–H and O–H groups in total. The highest BCUT2D eigenvalue weighted by atomic mass is 35.5. The van der Waals surface area contributed by atoms with Crippen LogP contribution in [-0.4, -0.2) is 40.8 Å². The number of hydrogen-bond donors (Lipinski definition) is 1. The van der Waals surface area contributed by atoms with Crippen LogP contribution in [0.5, 0.6) is 5.75 Å². The molecule has 2 aromatic carbocycles. The summed E-state index contributed by atoms with van der Waals surface area (Å²) in [5, 5.41) is 3.38. The molecule has 26 heavy (non-hydrogen) atoms. The Labute approximate surface area is 158 Å². The highest BCUT2D eigenvalue weighted by molar-refractivity contribution is 7.92. The van der Waals surface area contributed by atoms with Gasteiger partial charge in [0.05, 0.1) is 18.5 Å². The van der Waals surface area contributed by atoms with Crippen LogP contribution < -0.4 is 14.4 Å². The fraction of sp³-hybridized carbons (Fsp3) is 0.278. The summed E-state index contributed by atoms with van der Waals surface area (Å²) in [5.41, 5.74) is 1.90. The van der Waals surface area contributed by atoms with E-state index in [4.69, 9.17) is 16.3 Å². The van der Waals surface area contributed by atoms with Crippen LogP contribution in [0.1, 0.15) is 15.9 Å². The van der Waals surface area contributed by atoms with Gasteiger partial charge in [-0.25, -0.2) is 8.42 Å². The molecule has 0 radical (unpaired) electrons. The zero-order valence-electron chi connectivity index (χ0n) is 14.8. The molecule has 0 fully saturated rings. The molecular weight excluding hydrogens is 376 g/mol. The predicted octanol–water partition coefficient (Wildman–Crippen LogP) is 2.85. The normalized spacial score (nSPS) is 11.1. The zero-order chi connectivity index (χ0) is 19.3. The molecule has 0 saturated carbocycles. The minimum atomic E-state index is -3.33. The highest BCUT2D eigenvalue weighted by Gasteiger charge is 2.12. The van der Waals surface area contributed by atoms with Gasteiger partial charge in [0.15, 0.2) is 0 Å². The Morgan fingerprint density at radius 1 is 1.19 bits per heavy atom. The topological polar surface area (TPSA) is 75.7 Å². The summed E-state index contributed by atoms with van der Waals surface area (Å²) in [4.78, 5) is 12.1. The number of anilines is 1. The largest absolute Gasteiger partial charge is 0.492 e. The predicted molar refractivity (Wildman–Crippen MR) is 104 cm³/mol. The molecule has 0 heterocycles. The van der Waals surface area contributed by atoms with Gasteiger partial charge in [0.1, 0.15) is 12.4 Å². The van der Waals surface area contributed by atoms with E-state index in [9.17, 15) is 13.2 Å². The third-order valence-corrected chi connectivity index (χ3v) is 5.40. The van der Waals surface area contributed by atoms with Crippen LogP contribution in [0.2, 0.25) is 5.02 Å². The molecule has 0 atom stereocenters. The Morgan fingerprint density at radius 2 is 1.85 bits per heavy atom. The van der Waals surface area contributed by atoms with Gasteiger partial charge in [0, 0.05) is 17.6 Å². The number of nitrogens with one attached hydrogen (secondary N) is 1. The maximum atomic E-state index is 12.1. The molecule has 0 bridgehead atoms. The van der Waals surface area contributed by atoms with Crippen molar-refractivity contribution >= 4 is 33.2 Å². The van der Waals surface area contributed by atoms with Crippen LogP contribution in [0.4, 0.5) is 5.69 Å². The Morgan fingerprint density at radius 3 is 2.42 bits per heavy atom. The smallest absolute Gasteiger partial charge is 0.251 e. The molecule has 8 heteroatoms. The molecular formula is C18H21ClN2O4S. The molecule has 2 rings (SSSR count). The van der Waals surface area contributed by atoms with Gasteiger partial charge < -0.3 is 10.1 Å². The third-order valence-electron chi connectivity index (χ3n) is 3.79. The summed E-state index contributed by atoms with van der Waals surface area (Å²) in [7, 11) is -1.87. The van der Waals surface area contributed by atoms with Crippen LogP contribution in [0.15, 0.2) is 42.5 Å². The van der Waals surface area contributed by atoms with Crippen molar-refractivity contribution in [1.29, 1.82) is 0 Å². The first-order valence-corrected chi connectivity index (χ1v) is 10.1. The van der Waals surface area contributed by atoms with E-state index in [1.54, 1.807) is 30.3 Å². The number of halogens is 1. The summed E-state index contributed by atoms with van der Waals surface area (Å²) >= 11 is 6.03. The minimum Gasteiger partial charge on any atom is -0.492 e. The second-order valence-corrected chi connectivity index (χ2v) is 8.21. The van der Waals surface area contributed by atoms with Crippen molar-refractivity contribution in [3.05, 3.63) is 58.6 Å². The average molecular weight is 397 g/mol. The van der Waals surface area contributed by atoms with E-state index >= 15 is 0 Å². The van der Waals surface area contributed by atoms with Crippen molar-refractivity contribution in [3.63, 3.8) is 0 Å². The lowest BCUT2D eigenvalue weighted by atomic mass is 10.2. The quantitative estimate of drug-likeness (QED) is 0.730. The number of rotatable bonds is 7. The number of benzene rings is 2. The fourth-order valence-electron chi connectivity index (χ4n) is 2.11. The van der Waals surface area contributed by atoms with Crippen molar-refractivity contribution in [3.8, 4) is 5.75 Å². The lowest BCUT2D eigenvalue weighted by Crippen LogP contribution is -2.28. The van der Waals surface area contributed by atoms with Gasteiger partial charge in [0.2, 0.25) is 10.0 Å². The molecule has 0 unspecified atom stereocenters. The fourth-order valence-corrected chi connectivity index (χ4v) is 2.79. The van der Waals surface area contributed by atoms with E-state index in [1.165, 1.54) is 7.05 Å². The van der Waals surface area contributed by atoms with E-state index < -0.39 is 10.0 Å². The molecule has 2 aromatic rings. The minimum absolute atomic E-state index is 0.260. The number of sulfonamides is 1. The van der Waals surface area contributed by atoms with Crippen LogP contribution in [0.25, 0.3) is 0 Å². The first-order chi connectivity index (χ1) is 12.2. The number of carbonyl (C=O) groups is 1. The Bertz CT molecular complexity index is 883. The second kappa shape index (κ2) is 8.42. The molecule has 0 saturated heterocycles. The van der Waals surface area contributed by atoms with Crippen molar-refractivity contribution < 1.29 is 17.9 Å². The molecule has 0 aliphatic heterocycles. The number of aryl methyl sites for hydroxylation is 1. The first kappa shape index (κ1) is 20.1. The van der Waals surface area contributed by atoms with Gasteiger partial charge in [-0.05, 0) is 48.9 Å². The number of ether oxygens (including phenoxy) is 1. The van der Waals surface area contributed by atoms with Crippen LogP contribution >= 0.6 is 11.6 Å². The van der Waals surface area contributed by atoms with Gasteiger partial charge in [-0.15, -0.1) is 0 Å². The van der Waals surface area contributed by atoms with Crippen molar-refractivity contribution in [2.75, 3.05) is 30.8 Å². The van der Waals surface area contributed by atoms with Gasteiger partial charge in [-0.2, -0.15) is 0 Å². The van der Waals surface area contributed by atoms with Crippen molar-refractivity contribution in [1.82, 2.24) is 5.32 Å². The van der Waals surface area contributed by atoms with E-state index in [2.05, 4.69) is 5.32 Å². The maximum Gasteiger partial charge on any atom is 0.251 e. The summed E-state index contributed by atoms with van der Waals surface area (Å²) in [5.74, 6) is 0.382. The molecule has 140 valence electrons. The standard InChI is InChI=1S/C18H21ClN2O4S/c1-13-4-9-16(12-17(13)19)25-11-10-20-18(22)14-5-7-15(8-6-14)21(2)26(3,23)24/h4-9,12H,10-11H2,1-3H3,(H,20,22). The lowest BCUT2D eigenvalue weighted by Gasteiger charge is -2.16. The van der Waals surface area contributed by atoms with E-state index in [0.29, 0.717) is 35.2 Å². The monoisotopic (exact) mass is 396 g/mol.